The predicted octanol–water partition coefficient (Wildman–Crippen LogP) is 2.52. The summed E-state index contributed by atoms with van der Waals surface area (Å²) in [5.41, 5.74) is 8.75. The Balaban J connectivity index is 2.72. The Kier molecular flexibility index (Phi) is 2.72. The van der Waals surface area contributed by atoms with Crippen molar-refractivity contribution >= 4 is 10.9 Å². The molecule has 0 radical (unpaired) electrons. The zero-order chi connectivity index (χ0) is 11.9. The molecule has 0 fully saturated rings. The first kappa shape index (κ1) is 11.1. The second-order valence-electron chi connectivity index (χ2n) is 4.45. The Bertz CT molecular complexity index is 526. The number of nitrogens with two attached hydrogens (primary N) is 1. The van der Waals surface area contributed by atoms with Gasteiger partial charge in [-0.3, -0.25) is 0 Å². The van der Waals surface area contributed by atoms with Crippen molar-refractivity contribution in [3.8, 4) is 0 Å². The largest absolute Gasteiger partial charge is 0.345 e. The number of benzene rings is 1. The average Bonchev–Trinajstić information content (AvgIpc) is 2.44. The van der Waals surface area contributed by atoms with Crippen molar-refractivity contribution in [2.45, 2.75) is 26.3 Å². The standard InChI is InChI=1S/C13H17FN2/c1-8(15)7-12-9(2)10-5-4-6-11(14)13(10)16(12)3/h4-6,8H,7,15H2,1-3H3. The molecule has 0 aliphatic carbocycles. The molecular formula is C13H17FN2. The summed E-state index contributed by atoms with van der Waals surface area (Å²) >= 11 is 0. The number of fused-ring (bicyclic) bond motifs is 1. The van der Waals surface area contributed by atoms with Crippen molar-refractivity contribution in [3.05, 3.63) is 35.3 Å². The molecule has 2 aromatic rings. The maximum Gasteiger partial charge on any atom is 0.147 e. The SMILES string of the molecule is Cc1c(CC(C)N)n(C)c2c(F)cccc12. The monoisotopic (exact) mass is 220 g/mol. The molecule has 0 aliphatic rings. The van der Waals surface area contributed by atoms with Crippen LogP contribution in [0, 0.1) is 12.7 Å². The van der Waals surface area contributed by atoms with Gasteiger partial charge in [0.05, 0.1) is 5.52 Å². The minimum absolute atomic E-state index is 0.0878. The smallest absolute Gasteiger partial charge is 0.147 e. The number of aryl methyl sites for hydroxylation is 2. The topological polar surface area (TPSA) is 30.9 Å². The number of aromatic nitrogens is 1. The molecule has 2 N–H and O–H groups in total. The summed E-state index contributed by atoms with van der Waals surface area (Å²) in [5.74, 6) is -0.168. The van der Waals surface area contributed by atoms with E-state index in [9.17, 15) is 4.39 Å². The van der Waals surface area contributed by atoms with Crippen molar-refractivity contribution in [1.82, 2.24) is 4.57 Å². The van der Waals surface area contributed by atoms with Crippen LogP contribution in [0.15, 0.2) is 18.2 Å². The number of hydrogen-bond donors (Lipinski definition) is 1. The fraction of sp³-hybridized carbons (Fsp3) is 0.385. The molecule has 86 valence electrons. The average molecular weight is 220 g/mol. The summed E-state index contributed by atoms with van der Waals surface area (Å²) in [6.45, 7) is 3.99. The summed E-state index contributed by atoms with van der Waals surface area (Å²) in [5, 5.41) is 0.984. The molecule has 2 rings (SSSR count). The van der Waals surface area contributed by atoms with Gasteiger partial charge in [0, 0.05) is 30.6 Å². The van der Waals surface area contributed by atoms with Gasteiger partial charge in [-0.25, -0.2) is 4.39 Å². The van der Waals surface area contributed by atoms with E-state index in [2.05, 4.69) is 0 Å². The summed E-state index contributed by atoms with van der Waals surface area (Å²) < 4.78 is 15.6. The molecule has 1 atom stereocenters. The highest BCUT2D eigenvalue weighted by molar-refractivity contribution is 5.85. The lowest BCUT2D eigenvalue weighted by molar-refractivity contribution is 0.626. The zero-order valence-corrected chi connectivity index (χ0v) is 9.92. The molecule has 1 aromatic carbocycles. The van der Waals surface area contributed by atoms with E-state index in [1.807, 2.05) is 31.5 Å². The van der Waals surface area contributed by atoms with Crippen LogP contribution in [-0.4, -0.2) is 10.6 Å². The van der Waals surface area contributed by atoms with Crippen molar-refractivity contribution < 1.29 is 4.39 Å². The van der Waals surface area contributed by atoms with Crippen LogP contribution in [0.2, 0.25) is 0 Å². The number of hydrogen-bond acceptors (Lipinski definition) is 1. The summed E-state index contributed by atoms with van der Waals surface area (Å²) in [6, 6.07) is 5.29. The minimum atomic E-state index is -0.168. The molecule has 0 bridgehead atoms. The minimum Gasteiger partial charge on any atom is -0.345 e. The fourth-order valence-corrected chi connectivity index (χ4v) is 2.30. The van der Waals surface area contributed by atoms with E-state index in [0.717, 1.165) is 23.1 Å². The van der Waals surface area contributed by atoms with Gasteiger partial charge in [0.2, 0.25) is 0 Å². The van der Waals surface area contributed by atoms with Crippen LogP contribution in [0.3, 0.4) is 0 Å². The maximum atomic E-state index is 13.7. The Hall–Kier alpha value is -1.35. The van der Waals surface area contributed by atoms with Gasteiger partial charge in [0.1, 0.15) is 5.82 Å². The molecule has 1 heterocycles. The van der Waals surface area contributed by atoms with Gasteiger partial charge >= 0.3 is 0 Å². The lowest BCUT2D eigenvalue weighted by Gasteiger charge is -2.08. The number of nitrogens with zero attached hydrogens (tertiary/aromatic N) is 1. The molecule has 3 heteroatoms. The normalized spacial score (nSPS) is 13.3. The van der Waals surface area contributed by atoms with Crippen LogP contribution >= 0.6 is 0 Å². The summed E-state index contributed by atoms with van der Waals surface area (Å²) in [6.07, 6.45) is 0.774. The molecule has 0 spiro atoms. The van der Waals surface area contributed by atoms with E-state index in [-0.39, 0.29) is 11.9 Å². The molecule has 0 saturated carbocycles. The van der Waals surface area contributed by atoms with Gasteiger partial charge in [-0.2, -0.15) is 0 Å². The van der Waals surface area contributed by atoms with E-state index >= 15 is 0 Å². The van der Waals surface area contributed by atoms with E-state index in [1.165, 1.54) is 6.07 Å². The number of para-hydroxylation sites is 1. The second-order valence-corrected chi connectivity index (χ2v) is 4.45. The van der Waals surface area contributed by atoms with Crippen LogP contribution in [0.25, 0.3) is 10.9 Å². The van der Waals surface area contributed by atoms with E-state index in [4.69, 9.17) is 5.73 Å². The van der Waals surface area contributed by atoms with Gasteiger partial charge in [-0.1, -0.05) is 12.1 Å². The number of rotatable bonds is 2. The second kappa shape index (κ2) is 3.91. The molecule has 0 aliphatic heterocycles. The predicted molar refractivity (Wildman–Crippen MR) is 65.0 cm³/mol. The van der Waals surface area contributed by atoms with E-state index in [1.54, 1.807) is 6.07 Å². The van der Waals surface area contributed by atoms with Gasteiger partial charge < -0.3 is 10.3 Å². The van der Waals surface area contributed by atoms with Crippen LogP contribution in [-0.2, 0) is 13.5 Å². The third kappa shape index (κ3) is 1.61. The summed E-state index contributed by atoms with van der Waals surface area (Å²) in [7, 11) is 1.90. The first-order valence-corrected chi connectivity index (χ1v) is 5.50. The molecule has 0 amide bonds. The van der Waals surface area contributed by atoms with Crippen molar-refractivity contribution in [3.63, 3.8) is 0 Å². The maximum absolute atomic E-state index is 13.7. The third-order valence-corrected chi connectivity index (χ3v) is 3.08. The summed E-state index contributed by atoms with van der Waals surface area (Å²) in [4.78, 5) is 0. The van der Waals surface area contributed by atoms with Gasteiger partial charge in [-0.05, 0) is 25.5 Å². The fourth-order valence-electron chi connectivity index (χ4n) is 2.30. The third-order valence-electron chi connectivity index (χ3n) is 3.08. The first-order chi connectivity index (χ1) is 7.52. The van der Waals surface area contributed by atoms with Gasteiger partial charge in [0.15, 0.2) is 0 Å². The quantitative estimate of drug-likeness (QED) is 0.828. The Labute approximate surface area is 94.9 Å². The van der Waals surface area contributed by atoms with Gasteiger partial charge in [0.25, 0.3) is 0 Å². The highest BCUT2D eigenvalue weighted by Crippen LogP contribution is 2.27. The first-order valence-electron chi connectivity index (χ1n) is 5.50. The lowest BCUT2D eigenvalue weighted by Crippen LogP contribution is -2.20. The molecule has 1 unspecified atom stereocenters. The highest BCUT2D eigenvalue weighted by Gasteiger charge is 2.15. The Morgan fingerprint density at radius 2 is 2.12 bits per heavy atom. The van der Waals surface area contributed by atoms with Crippen molar-refractivity contribution in [2.75, 3.05) is 0 Å². The van der Waals surface area contributed by atoms with Crippen LogP contribution in [0.4, 0.5) is 4.39 Å². The molecule has 16 heavy (non-hydrogen) atoms. The van der Waals surface area contributed by atoms with Crippen LogP contribution in [0.1, 0.15) is 18.2 Å². The number of halogens is 1. The van der Waals surface area contributed by atoms with Crippen LogP contribution < -0.4 is 5.73 Å². The highest BCUT2D eigenvalue weighted by atomic mass is 19.1. The Morgan fingerprint density at radius 1 is 1.44 bits per heavy atom. The Morgan fingerprint density at radius 3 is 2.69 bits per heavy atom. The van der Waals surface area contributed by atoms with E-state index < -0.39 is 0 Å². The molecule has 0 saturated heterocycles. The zero-order valence-electron chi connectivity index (χ0n) is 9.92. The van der Waals surface area contributed by atoms with Gasteiger partial charge in [-0.15, -0.1) is 0 Å². The van der Waals surface area contributed by atoms with Crippen LogP contribution in [0.5, 0.6) is 0 Å². The van der Waals surface area contributed by atoms with Crippen molar-refractivity contribution in [2.24, 2.45) is 12.8 Å². The molecule has 1 aromatic heterocycles. The lowest BCUT2D eigenvalue weighted by atomic mass is 10.1. The molecule has 2 nitrogen and oxygen atoms in total. The molecular weight excluding hydrogens is 203 g/mol. The van der Waals surface area contributed by atoms with Crippen molar-refractivity contribution in [1.29, 1.82) is 0 Å². The van der Waals surface area contributed by atoms with E-state index in [0.29, 0.717) is 5.52 Å².